The molecule has 1 rings (SSSR count). The van der Waals surface area contributed by atoms with Gasteiger partial charge in [0.05, 0.1) is 5.70 Å². The maximum absolute atomic E-state index is 11.1. The number of likely N-dealkylation sites (N-methyl/N-ethyl adjacent to an activating group) is 1. The van der Waals surface area contributed by atoms with Crippen LogP contribution in [0.2, 0.25) is 0 Å². The lowest BCUT2D eigenvalue weighted by atomic mass is 10.1. The number of aryl methyl sites for hydroxylation is 1. The summed E-state index contributed by atoms with van der Waals surface area (Å²) in [5.41, 5.74) is 7.86. The summed E-state index contributed by atoms with van der Waals surface area (Å²) in [6.07, 6.45) is 1.67. The van der Waals surface area contributed by atoms with Gasteiger partial charge >= 0.3 is 0 Å². The van der Waals surface area contributed by atoms with Gasteiger partial charge in [-0.25, -0.2) is 0 Å². The van der Waals surface area contributed by atoms with E-state index in [4.69, 9.17) is 5.73 Å². The second-order valence-electron chi connectivity index (χ2n) is 3.04. The molecule has 3 heteroatoms. The molecular formula is C11H14N2O. The summed E-state index contributed by atoms with van der Waals surface area (Å²) in [4.78, 5) is 11.1. The Morgan fingerprint density at radius 1 is 1.43 bits per heavy atom. The predicted molar refractivity (Wildman–Crippen MR) is 57.4 cm³/mol. The van der Waals surface area contributed by atoms with Crippen molar-refractivity contribution in [2.75, 3.05) is 7.05 Å². The molecule has 0 saturated heterocycles. The fraction of sp³-hybridized carbons (Fsp3) is 0.182. The van der Waals surface area contributed by atoms with E-state index < -0.39 is 0 Å². The summed E-state index contributed by atoms with van der Waals surface area (Å²) in [5.74, 6) is -0.256. The first kappa shape index (κ1) is 10.3. The Kier molecular flexibility index (Phi) is 3.29. The van der Waals surface area contributed by atoms with Crippen LogP contribution in [0.1, 0.15) is 11.1 Å². The Morgan fingerprint density at radius 2 is 2.07 bits per heavy atom. The molecule has 0 saturated carbocycles. The Morgan fingerprint density at radius 3 is 2.64 bits per heavy atom. The smallest absolute Gasteiger partial charge is 0.266 e. The van der Waals surface area contributed by atoms with Crippen molar-refractivity contribution < 1.29 is 4.79 Å². The van der Waals surface area contributed by atoms with Gasteiger partial charge in [-0.1, -0.05) is 24.3 Å². The molecule has 0 aliphatic carbocycles. The zero-order valence-corrected chi connectivity index (χ0v) is 8.37. The zero-order chi connectivity index (χ0) is 10.6. The maximum atomic E-state index is 11.1. The second kappa shape index (κ2) is 4.46. The predicted octanol–water partition coefficient (Wildman–Crippen LogP) is 1.04. The van der Waals surface area contributed by atoms with Gasteiger partial charge in [0.15, 0.2) is 0 Å². The van der Waals surface area contributed by atoms with Crippen molar-refractivity contribution in [2.24, 2.45) is 5.73 Å². The lowest BCUT2D eigenvalue weighted by Gasteiger charge is -2.02. The second-order valence-corrected chi connectivity index (χ2v) is 3.04. The van der Waals surface area contributed by atoms with Gasteiger partial charge in [0, 0.05) is 7.05 Å². The van der Waals surface area contributed by atoms with Crippen LogP contribution in [-0.4, -0.2) is 13.0 Å². The summed E-state index contributed by atoms with van der Waals surface area (Å²) in [7, 11) is 1.56. The van der Waals surface area contributed by atoms with Crippen LogP contribution >= 0.6 is 0 Å². The third-order valence-electron chi connectivity index (χ3n) is 1.99. The number of hydrogen-bond donors (Lipinski definition) is 2. The van der Waals surface area contributed by atoms with Crippen LogP contribution in [0.25, 0.3) is 6.08 Å². The van der Waals surface area contributed by atoms with Crippen LogP contribution in [-0.2, 0) is 4.79 Å². The number of nitrogens with two attached hydrogens (primary N) is 1. The number of nitrogens with one attached hydrogen (secondary N) is 1. The fourth-order valence-electron chi connectivity index (χ4n) is 1.13. The summed E-state index contributed by atoms with van der Waals surface area (Å²) in [6, 6.07) is 7.76. The van der Waals surface area contributed by atoms with Crippen molar-refractivity contribution in [3.05, 3.63) is 41.1 Å². The topological polar surface area (TPSA) is 55.1 Å². The van der Waals surface area contributed by atoms with Crippen molar-refractivity contribution >= 4 is 12.0 Å². The summed E-state index contributed by atoms with van der Waals surface area (Å²) < 4.78 is 0. The molecule has 0 aliphatic heterocycles. The Bertz CT molecular complexity index is 369. The van der Waals surface area contributed by atoms with E-state index in [9.17, 15) is 4.79 Å². The Balaban J connectivity index is 2.97. The summed E-state index contributed by atoms with van der Waals surface area (Å²) >= 11 is 0. The van der Waals surface area contributed by atoms with E-state index in [0.29, 0.717) is 0 Å². The van der Waals surface area contributed by atoms with E-state index in [1.54, 1.807) is 13.1 Å². The van der Waals surface area contributed by atoms with E-state index >= 15 is 0 Å². The molecule has 1 aromatic carbocycles. The highest BCUT2D eigenvalue weighted by atomic mass is 16.1. The molecule has 0 atom stereocenters. The van der Waals surface area contributed by atoms with Gasteiger partial charge in [0.2, 0.25) is 0 Å². The number of benzene rings is 1. The minimum Gasteiger partial charge on any atom is -0.394 e. The molecule has 0 bridgehead atoms. The number of hydrogen-bond acceptors (Lipinski definition) is 2. The third kappa shape index (κ3) is 2.36. The average molecular weight is 190 g/mol. The molecule has 0 spiro atoms. The van der Waals surface area contributed by atoms with Gasteiger partial charge in [-0.05, 0) is 24.1 Å². The molecule has 0 fully saturated rings. The van der Waals surface area contributed by atoms with Crippen LogP contribution < -0.4 is 11.1 Å². The van der Waals surface area contributed by atoms with E-state index in [1.807, 2.05) is 31.2 Å². The number of carbonyl (C=O) groups excluding carboxylic acids is 1. The van der Waals surface area contributed by atoms with E-state index in [-0.39, 0.29) is 11.6 Å². The van der Waals surface area contributed by atoms with Gasteiger partial charge in [0.25, 0.3) is 5.91 Å². The highest BCUT2D eigenvalue weighted by Crippen LogP contribution is 2.09. The number of carbonyl (C=O) groups is 1. The monoisotopic (exact) mass is 190 g/mol. The molecule has 0 heterocycles. The number of rotatable bonds is 2. The minimum atomic E-state index is -0.256. The van der Waals surface area contributed by atoms with Crippen molar-refractivity contribution in [2.45, 2.75) is 6.92 Å². The quantitative estimate of drug-likeness (QED) is 0.685. The standard InChI is InChI=1S/C11H14N2O/c1-8-5-3-4-6-9(8)7-10(12)11(14)13-2/h3-7H,12H2,1-2H3,(H,13,14)/b10-7-. The molecule has 3 nitrogen and oxygen atoms in total. The summed E-state index contributed by atoms with van der Waals surface area (Å²) in [5, 5.41) is 2.47. The first-order valence-electron chi connectivity index (χ1n) is 4.40. The zero-order valence-electron chi connectivity index (χ0n) is 8.37. The van der Waals surface area contributed by atoms with Crippen molar-refractivity contribution in [1.29, 1.82) is 0 Å². The lowest BCUT2D eigenvalue weighted by molar-refractivity contribution is -0.117. The first-order chi connectivity index (χ1) is 6.65. The Labute approximate surface area is 83.6 Å². The van der Waals surface area contributed by atoms with Gasteiger partial charge in [-0.15, -0.1) is 0 Å². The first-order valence-corrected chi connectivity index (χ1v) is 4.40. The van der Waals surface area contributed by atoms with Crippen LogP contribution in [0.4, 0.5) is 0 Å². The SMILES string of the molecule is CNC(=O)/C(N)=C/c1ccccc1C. The van der Waals surface area contributed by atoms with Gasteiger partial charge in [-0.2, -0.15) is 0 Å². The lowest BCUT2D eigenvalue weighted by Crippen LogP contribution is -2.24. The highest BCUT2D eigenvalue weighted by molar-refractivity contribution is 5.96. The molecule has 0 aliphatic rings. The molecule has 74 valence electrons. The maximum Gasteiger partial charge on any atom is 0.266 e. The largest absolute Gasteiger partial charge is 0.394 e. The molecule has 3 N–H and O–H groups in total. The molecule has 0 radical (unpaired) electrons. The molecular weight excluding hydrogens is 176 g/mol. The van der Waals surface area contributed by atoms with Crippen LogP contribution in [0, 0.1) is 6.92 Å². The van der Waals surface area contributed by atoms with Gasteiger partial charge in [0.1, 0.15) is 0 Å². The fourth-order valence-corrected chi connectivity index (χ4v) is 1.13. The molecule has 0 aromatic heterocycles. The van der Waals surface area contributed by atoms with Crippen molar-refractivity contribution in [1.82, 2.24) is 5.32 Å². The molecule has 1 amide bonds. The molecule has 1 aromatic rings. The van der Waals surface area contributed by atoms with Crippen LogP contribution in [0.15, 0.2) is 30.0 Å². The highest BCUT2D eigenvalue weighted by Gasteiger charge is 2.02. The minimum absolute atomic E-state index is 0.224. The van der Waals surface area contributed by atoms with Crippen molar-refractivity contribution in [3.8, 4) is 0 Å². The van der Waals surface area contributed by atoms with Gasteiger partial charge in [-0.3, -0.25) is 4.79 Å². The molecule has 14 heavy (non-hydrogen) atoms. The van der Waals surface area contributed by atoms with Gasteiger partial charge < -0.3 is 11.1 Å². The van der Waals surface area contributed by atoms with E-state index in [1.165, 1.54) is 0 Å². The Hall–Kier alpha value is -1.77. The number of amides is 1. The third-order valence-corrected chi connectivity index (χ3v) is 1.99. The molecule has 0 unspecified atom stereocenters. The van der Waals surface area contributed by atoms with Crippen LogP contribution in [0.3, 0.4) is 0 Å². The van der Waals surface area contributed by atoms with Crippen LogP contribution in [0.5, 0.6) is 0 Å². The van der Waals surface area contributed by atoms with Crippen molar-refractivity contribution in [3.63, 3.8) is 0 Å². The van der Waals surface area contributed by atoms with E-state index in [2.05, 4.69) is 5.32 Å². The van der Waals surface area contributed by atoms with E-state index in [0.717, 1.165) is 11.1 Å². The normalized spacial score (nSPS) is 11.1. The average Bonchev–Trinajstić information content (AvgIpc) is 2.20. The summed E-state index contributed by atoms with van der Waals surface area (Å²) in [6.45, 7) is 1.98.